The minimum Gasteiger partial charge on any atom is -0.381 e. The first kappa shape index (κ1) is 11.1. The van der Waals surface area contributed by atoms with Gasteiger partial charge in [0.25, 0.3) is 0 Å². The molecule has 1 aromatic rings. The van der Waals surface area contributed by atoms with Gasteiger partial charge in [0.1, 0.15) is 0 Å². The summed E-state index contributed by atoms with van der Waals surface area (Å²) < 4.78 is 33.6. The van der Waals surface area contributed by atoms with Crippen molar-refractivity contribution in [1.29, 1.82) is 0 Å². The first-order valence-corrected chi connectivity index (χ1v) is 6.15. The Morgan fingerprint density at radius 1 is 1.41 bits per heavy atom. The molecule has 2 atom stereocenters. The lowest BCUT2D eigenvalue weighted by molar-refractivity contribution is 0.00504. The molecule has 1 aliphatic heterocycles. The van der Waals surface area contributed by atoms with Crippen LogP contribution in [0.1, 0.15) is 43.3 Å². The third kappa shape index (κ3) is 2.08. The Morgan fingerprint density at radius 2 is 2.29 bits per heavy atom. The van der Waals surface area contributed by atoms with Crippen molar-refractivity contribution in [3.8, 4) is 0 Å². The largest absolute Gasteiger partial charge is 0.381 e. The lowest BCUT2D eigenvalue weighted by Gasteiger charge is -2.17. The fourth-order valence-electron chi connectivity index (χ4n) is 2.86. The van der Waals surface area contributed by atoms with Crippen LogP contribution < -0.4 is 0 Å². The number of halogens is 2. The molecular formula is C12H16F2N2O. The normalized spacial score (nSPS) is 32.1. The molecule has 3 rings (SSSR count). The second-order valence-electron chi connectivity index (χ2n) is 5.01. The summed E-state index contributed by atoms with van der Waals surface area (Å²) in [5.74, 6) is -2.19. The van der Waals surface area contributed by atoms with Crippen molar-refractivity contribution in [2.24, 2.45) is 0 Å². The number of ether oxygens (including phenoxy) is 1. The molecule has 2 unspecified atom stereocenters. The topological polar surface area (TPSA) is 27.1 Å². The summed E-state index contributed by atoms with van der Waals surface area (Å²) in [6, 6.07) is 1.80. The van der Waals surface area contributed by atoms with Gasteiger partial charge >= 0.3 is 0 Å². The van der Waals surface area contributed by atoms with E-state index in [2.05, 4.69) is 5.10 Å². The molecule has 0 bridgehead atoms. The van der Waals surface area contributed by atoms with Gasteiger partial charge in [-0.25, -0.2) is 8.78 Å². The number of rotatable bonds is 2. The van der Waals surface area contributed by atoms with Crippen LogP contribution in [0.5, 0.6) is 0 Å². The Balaban J connectivity index is 1.81. The van der Waals surface area contributed by atoms with Gasteiger partial charge in [0.2, 0.25) is 5.92 Å². The summed E-state index contributed by atoms with van der Waals surface area (Å²) in [6.07, 6.45) is 3.11. The molecule has 1 saturated carbocycles. The molecule has 2 fully saturated rings. The predicted octanol–water partition coefficient (Wildman–Crippen LogP) is 2.75. The smallest absolute Gasteiger partial charge is 0.250 e. The molecule has 0 amide bonds. The summed E-state index contributed by atoms with van der Waals surface area (Å²) >= 11 is 0. The van der Waals surface area contributed by atoms with Crippen molar-refractivity contribution >= 4 is 0 Å². The number of aromatic nitrogens is 2. The first-order valence-electron chi connectivity index (χ1n) is 6.15. The van der Waals surface area contributed by atoms with E-state index in [1.807, 2.05) is 6.07 Å². The highest BCUT2D eigenvalue weighted by atomic mass is 19.3. The van der Waals surface area contributed by atoms with Crippen LogP contribution in [0.2, 0.25) is 0 Å². The lowest BCUT2D eigenvalue weighted by atomic mass is 10.0. The third-order valence-electron chi connectivity index (χ3n) is 3.77. The minimum absolute atomic E-state index is 0.0157. The molecule has 1 aromatic heterocycles. The Morgan fingerprint density at radius 3 is 2.94 bits per heavy atom. The molecule has 0 N–H and O–H groups in total. The predicted molar refractivity (Wildman–Crippen MR) is 58.2 cm³/mol. The minimum atomic E-state index is -2.51. The van der Waals surface area contributed by atoms with E-state index in [1.165, 1.54) is 0 Å². The van der Waals surface area contributed by atoms with Gasteiger partial charge in [-0.3, -0.25) is 4.68 Å². The zero-order valence-corrected chi connectivity index (χ0v) is 9.61. The second kappa shape index (κ2) is 4.05. The first-order chi connectivity index (χ1) is 8.16. The van der Waals surface area contributed by atoms with Gasteiger partial charge in [0, 0.05) is 37.3 Å². The van der Waals surface area contributed by atoms with Crippen LogP contribution >= 0.6 is 0 Å². The molecule has 3 nitrogen and oxygen atoms in total. The van der Waals surface area contributed by atoms with Gasteiger partial charge in [0.05, 0.1) is 12.6 Å². The molecule has 0 aromatic carbocycles. The van der Waals surface area contributed by atoms with Crippen LogP contribution in [0, 0.1) is 0 Å². The van der Waals surface area contributed by atoms with Gasteiger partial charge in [-0.1, -0.05) is 0 Å². The van der Waals surface area contributed by atoms with Gasteiger partial charge < -0.3 is 4.74 Å². The number of alkyl halides is 2. The van der Waals surface area contributed by atoms with Gasteiger partial charge in [-0.15, -0.1) is 0 Å². The van der Waals surface area contributed by atoms with E-state index in [4.69, 9.17) is 4.74 Å². The highest BCUT2D eigenvalue weighted by molar-refractivity contribution is 5.11. The summed E-state index contributed by atoms with van der Waals surface area (Å²) in [7, 11) is 0. The van der Waals surface area contributed by atoms with Gasteiger partial charge in [-0.2, -0.15) is 5.10 Å². The second-order valence-corrected chi connectivity index (χ2v) is 5.01. The van der Waals surface area contributed by atoms with E-state index < -0.39 is 5.92 Å². The molecule has 0 radical (unpaired) electrons. The Hall–Kier alpha value is -0.970. The Bertz CT molecular complexity index is 399. The maximum absolute atomic E-state index is 13.2. The van der Waals surface area contributed by atoms with Crippen LogP contribution in [0.15, 0.2) is 12.3 Å². The standard InChI is InChI=1S/C12H16F2N2O/c13-12(14)4-1-10(7-12)16-11(2-5-15-16)9-3-6-17-8-9/h2,5,9-10H,1,3-4,6-8H2. The van der Waals surface area contributed by atoms with E-state index in [0.29, 0.717) is 18.9 Å². The van der Waals surface area contributed by atoms with Crippen molar-refractivity contribution in [3.05, 3.63) is 18.0 Å². The van der Waals surface area contributed by atoms with Gasteiger partial charge in [-0.05, 0) is 18.9 Å². The van der Waals surface area contributed by atoms with Crippen LogP contribution in [0.25, 0.3) is 0 Å². The van der Waals surface area contributed by atoms with Crippen LogP contribution in [-0.2, 0) is 4.74 Å². The van der Waals surface area contributed by atoms with Crippen molar-refractivity contribution in [2.45, 2.75) is 43.6 Å². The fourth-order valence-corrected chi connectivity index (χ4v) is 2.86. The molecule has 17 heavy (non-hydrogen) atoms. The molecule has 5 heteroatoms. The van der Waals surface area contributed by atoms with E-state index in [-0.39, 0.29) is 18.9 Å². The zero-order chi connectivity index (χ0) is 11.9. The average Bonchev–Trinajstić information content (AvgIpc) is 2.93. The van der Waals surface area contributed by atoms with Crippen LogP contribution in [0.3, 0.4) is 0 Å². The SMILES string of the molecule is FC1(F)CCC(n2nccc2C2CCOC2)C1. The highest BCUT2D eigenvalue weighted by Gasteiger charge is 2.41. The van der Waals surface area contributed by atoms with Crippen molar-refractivity contribution < 1.29 is 13.5 Å². The molecule has 2 heterocycles. The fraction of sp³-hybridized carbons (Fsp3) is 0.750. The van der Waals surface area contributed by atoms with E-state index in [0.717, 1.165) is 18.7 Å². The maximum atomic E-state index is 13.2. The van der Waals surface area contributed by atoms with Crippen molar-refractivity contribution in [1.82, 2.24) is 9.78 Å². The molecule has 2 aliphatic rings. The Labute approximate surface area is 98.8 Å². The number of hydrogen-bond acceptors (Lipinski definition) is 2. The summed E-state index contributed by atoms with van der Waals surface area (Å²) in [6.45, 7) is 1.45. The molecule has 1 saturated heterocycles. The quantitative estimate of drug-likeness (QED) is 0.797. The van der Waals surface area contributed by atoms with Gasteiger partial charge in [0.15, 0.2) is 0 Å². The number of nitrogens with zero attached hydrogens (tertiary/aromatic N) is 2. The van der Waals surface area contributed by atoms with E-state index in [9.17, 15) is 8.78 Å². The Kier molecular flexibility index (Phi) is 2.65. The summed E-state index contributed by atoms with van der Waals surface area (Å²) in [4.78, 5) is 0. The van der Waals surface area contributed by atoms with Crippen molar-refractivity contribution in [2.75, 3.05) is 13.2 Å². The average molecular weight is 242 g/mol. The molecule has 1 aliphatic carbocycles. The lowest BCUT2D eigenvalue weighted by Crippen LogP contribution is -2.16. The molecular weight excluding hydrogens is 226 g/mol. The molecule has 94 valence electrons. The monoisotopic (exact) mass is 242 g/mol. The van der Waals surface area contributed by atoms with Crippen molar-refractivity contribution in [3.63, 3.8) is 0 Å². The number of hydrogen-bond donors (Lipinski definition) is 0. The van der Waals surface area contributed by atoms with E-state index >= 15 is 0 Å². The maximum Gasteiger partial charge on any atom is 0.250 e. The zero-order valence-electron chi connectivity index (χ0n) is 9.61. The summed E-state index contributed by atoms with van der Waals surface area (Å²) in [5.41, 5.74) is 1.06. The van der Waals surface area contributed by atoms with Crippen LogP contribution in [-0.4, -0.2) is 28.9 Å². The molecule has 0 spiro atoms. The highest BCUT2D eigenvalue weighted by Crippen LogP contribution is 2.42. The summed E-state index contributed by atoms with van der Waals surface area (Å²) in [5, 5.41) is 4.24. The third-order valence-corrected chi connectivity index (χ3v) is 3.77. The van der Waals surface area contributed by atoms with Crippen LogP contribution in [0.4, 0.5) is 8.78 Å². The van der Waals surface area contributed by atoms with E-state index in [1.54, 1.807) is 10.9 Å².